The summed E-state index contributed by atoms with van der Waals surface area (Å²) in [4.78, 5) is 9.22. The van der Waals surface area contributed by atoms with Crippen molar-refractivity contribution >= 4 is 41.5 Å². The van der Waals surface area contributed by atoms with Gasteiger partial charge in [-0.3, -0.25) is 9.89 Å². The summed E-state index contributed by atoms with van der Waals surface area (Å²) in [5, 5.41) is 4.36. The molecule has 6 nitrogen and oxygen atoms in total. The van der Waals surface area contributed by atoms with Gasteiger partial charge in [0.1, 0.15) is 0 Å². The summed E-state index contributed by atoms with van der Waals surface area (Å²) < 4.78 is 11.5. The van der Waals surface area contributed by atoms with Crippen LogP contribution in [0.1, 0.15) is 31.9 Å². The molecule has 0 aliphatic carbocycles. The van der Waals surface area contributed by atoms with Gasteiger partial charge in [-0.25, -0.2) is 0 Å². The number of hydrogen-bond acceptors (Lipinski definition) is 4. The van der Waals surface area contributed by atoms with Gasteiger partial charge in [0.05, 0.1) is 24.9 Å². The first-order valence-electron chi connectivity index (χ1n) is 10.5. The summed E-state index contributed by atoms with van der Waals surface area (Å²) in [5.74, 6) is 1.49. The fourth-order valence-corrected chi connectivity index (χ4v) is 4.36. The number of nitrogens with zero attached hydrogens (tertiary/aromatic N) is 3. The number of rotatable bonds is 6. The summed E-state index contributed by atoms with van der Waals surface area (Å²) in [6.45, 7) is 10.3. The number of ether oxygens (including phenoxy) is 2. The molecule has 0 radical (unpaired) electrons. The smallest absolute Gasteiger partial charge is 0.193 e. The molecule has 0 bridgehead atoms. The molecule has 1 aromatic rings. The summed E-state index contributed by atoms with van der Waals surface area (Å²) in [6, 6.07) is 8.40. The highest BCUT2D eigenvalue weighted by Crippen LogP contribution is 2.27. The standard InChI is InChI=1S/C22H35ClN4O2.HI/c1-22(2)16-27(10-12-29-22)20(18-5-7-19(23)8-6-18)13-25-21(24-3)26(4)14-17-9-11-28-15-17;/h5-8,17,20H,9-16H2,1-4H3,(H,24,25);1H. The van der Waals surface area contributed by atoms with E-state index in [0.29, 0.717) is 5.92 Å². The molecule has 30 heavy (non-hydrogen) atoms. The molecule has 170 valence electrons. The quantitative estimate of drug-likeness (QED) is 0.333. The van der Waals surface area contributed by atoms with Crippen molar-refractivity contribution in [2.45, 2.75) is 31.9 Å². The predicted molar refractivity (Wildman–Crippen MR) is 134 cm³/mol. The fraction of sp³-hybridized carbons (Fsp3) is 0.682. The van der Waals surface area contributed by atoms with Crippen LogP contribution in [-0.2, 0) is 9.47 Å². The second-order valence-electron chi connectivity index (χ2n) is 8.68. The number of nitrogens with one attached hydrogen (secondary N) is 1. The number of benzene rings is 1. The third-order valence-electron chi connectivity index (χ3n) is 5.73. The maximum absolute atomic E-state index is 6.13. The molecule has 8 heteroatoms. The van der Waals surface area contributed by atoms with Crippen LogP contribution in [0.2, 0.25) is 5.02 Å². The van der Waals surface area contributed by atoms with Crippen LogP contribution in [0.15, 0.2) is 29.3 Å². The van der Waals surface area contributed by atoms with Gasteiger partial charge >= 0.3 is 0 Å². The first kappa shape index (κ1) is 25.6. The highest BCUT2D eigenvalue weighted by molar-refractivity contribution is 14.0. The molecule has 2 aliphatic heterocycles. The van der Waals surface area contributed by atoms with Crippen molar-refractivity contribution in [3.05, 3.63) is 34.9 Å². The molecular formula is C22H36ClIN4O2. The van der Waals surface area contributed by atoms with E-state index in [0.717, 1.165) is 63.4 Å². The molecular weight excluding hydrogens is 515 g/mol. The van der Waals surface area contributed by atoms with Crippen molar-refractivity contribution in [1.29, 1.82) is 0 Å². The molecule has 0 amide bonds. The maximum atomic E-state index is 6.13. The van der Waals surface area contributed by atoms with Gasteiger partial charge in [-0.05, 0) is 38.0 Å². The van der Waals surface area contributed by atoms with Crippen LogP contribution >= 0.6 is 35.6 Å². The molecule has 2 unspecified atom stereocenters. The van der Waals surface area contributed by atoms with Gasteiger partial charge in [-0.2, -0.15) is 0 Å². The lowest BCUT2D eigenvalue weighted by Gasteiger charge is -2.42. The van der Waals surface area contributed by atoms with Crippen molar-refractivity contribution in [2.24, 2.45) is 10.9 Å². The van der Waals surface area contributed by atoms with Gasteiger partial charge in [0.15, 0.2) is 5.96 Å². The molecule has 2 saturated heterocycles. The molecule has 3 rings (SSSR count). The minimum Gasteiger partial charge on any atom is -0.381 e. The van der Waals surface area contributed by atoms with Crippen LogP contribution in [0.3, 0.4) is 0 Å². The van der Waals surface area contributed by atoms with E-state index in [4.69, 9.17) is 21.1 Å². The summed E-state index contributed by atoms with van der Waals surface area (Å²) in [5.41, 5.74) is 1.10. The lowest BCUT2D eigenvalue weighted by atomic mass is 10.0. The van der Waals surface area contributed by atoms with E-state index in [-0.39, 0.29) is 35.6 Å². The number of aliphatic imine (C=N–C) groups is 1. The van der Waals surface area contributed by atoms with Crippen LogP contribution in [0.4, 0.5) is 0 Å². The third-order valence-corrected chi connectivity index (χ3v) is 5.99. The Balaban J connectivity index is 0.00000320. The van der Waals surface area contributed by atoms with E-state index >= 15 is 0 Å². The zero-order valence-electron chi connectivity index (χ0n) is 18.6. The van der Waals surface area contributed by atoms with Gasteiger partial charge in [0, 0.05) is 57.8 Å². The van der Waals surface area contributed by atoms with Crippen molar-refractivity contribution in [3.8, 4) is 0 Å². The van der Waals surface area contributed by atoms with Crippen LogP contribution < -0.4 is 5.32 Å². The molecule has 2 heterocycles. The summed E-state index contributed by atoms with van der Waals surface area (Å²) >= 11 is 6.13. The highest BCUT2D eigenvalue weighted by Gasteiger charge is 2.32. The molecule has 2 atom stereocenters. The van der Waals surface area contributed by atoms with Crippen LogP contribution in [0, 0.1) is 5.92 Å². The Labute approximate surface area is 203 Å². The van der Waals surface area contributed by atoms with E-state index < -0.39 is 0 Å². The van der Waals surface area contributed by atoms with E-state index in [1.807, 2.05) is 19.2 Å². The predicted octanol–water partition coefficient (Wildman–Crippen LogP) is 3.65. The van der Waals surface area contributed by atoms with E-state index in [9.17, 15) is 0 Å². The van der Waals surface area contributed by atoms with E-state index in [1.165, 1.54) is 5.56 Å². The molecule has 0 spiro atoms. The lowest BCUT2D eigenvalue weighted by molar-refractivity contribution is -0.0971. The minimum atomic E-state index is -0.149. The van der Waals surface area contributed by atoms with E-state index in [1.54, 1.807) is 0 Å². The Morgan fingerprint density at radius 3 is 2.67 bits per heavy atom. The van der Waals surface area contributed by atoms with Crippen molar-refractivity contribution in [2.75, 3.05) is 60.1 Å². The topological polar surface area (TPSA) is 49.3 Å². The number of halogens is 2. The van der Waals surface area contributed by atoms with Crippen LogP contribution in [0.5, 0.6) is 0 Å². The SMILES string of the molecule is CN=C(NCC(c1ccc(Cl)cc1)N1CCOC(C)(C)C1)N(C)CC1CCOC1.I. The van der Waals surface area contributed by atoms with Crippen molar-refractivity contribution in [3.63, 3.8) is 0 Å². The van der Waals surface area contributed by atoms with E-state index in [2.05, 4.69) is 53.1 Å². The van der Waals surface area contributed by atoms with Crippen LogP contribution in [0.25, 0.3) is 0 Å². The number of guanidine groups is 1. The van der Waals surface area contributed by atoms with Gasteiger partial charge in [-0.1, -0.05) is 23.7 Å². The average molecular weight is 551 g/mol. The monoisotopic (exact) mass is 550 g/mol. The van der Waals surface area contributed by atoms with Gasteiger partial charge < -0.3 is 19.7 Å². The zero-order valence-corrected chi connectivity index (χ0v) is 21.7. The lowest BCUT2D eigenvalue weighted by Crippen LogP contribution is -2.52. The normalized spacial score (nSPS) is 23.0. The Morgan fingerprint density at radius 2 is 2.07 bits per heavy atom. The molecule has 1 N–H and O–H groups in total. The fourth-order valence-electron chi connectivity index (χ4n) is 4.24. The Morgan fingerprint density at radius 1 is 1.33 bits per heavy atom. The first-order chi connectivity index (χ1) is 13.9. The largest absolute Gasteiger partial charge is 0.381 e. The van der Waals surface area contributed by atoms with Gasteiger partial charge in [0.2, 0.25) is 0 Å². The Bertz CT molecular complexity index is 680. The molecule has 1 aromatic carbocycles. The molecule has 2 fully saturated rings. The van der Waals surface area contributed by atoms with Gasteiger partial charge in [0.25, 0.3) is 0 Å². The number of morpholine rings is 1. The maximum Gasteiger partial charge on any atom is 0.193 e. The third kappa shape index (κ3) is 7.22. The minimum absolute atomic E-state index is 0. The van der Waals surface area contributed by atoms with Crippen molar-refractivity contribution < 1.29 is 9.47 Å². The van der Waals surface area contributed by atoms with Gasteiger partial charge in [-0.15, -0.1) is 24.0 Å². The zero-order chi connectivity index (χ0) is 20.9. The average Bonchev–Trinajstić information content (AvgIpc) is 3.18. The molecule has 0 saturated carbocycles. The Hall–Kier alpha value is -0.610. The molecule has 2 aliphatic rings. The first-order valence-corrected chi connectivity index (χ1v) is 10.9. The summed E-state index contributed by atoms with van der Waals surface area (Å²) in [6.07, 6.45) is 1.12. The van der Waals surface area contributed by atoms with Crippen LogP contribution in [-0.4, -0.2) is 81.5 Å². The Kier molecular flexibility index (Phi) is 10.1. The van der Waals surface area contributed by atoms with Crippen molar-refractivity contribution in [1.82, 2.24) is 15.1 Å². The second-order valence-corrected chi connectivity index (χ2v) is 9.12. The number of hydrogen-bond donors (Lipinski definition) is 1. The second kappa shape index (κ2) is 11.9. The molecule has 0 aromatic heterocycles. The summed E-state index contributed by atoms with van der Waals surface area (Å²) in [7, 11) is 3.95. The highest BCUT2D eigenvalue weighted by atomic mass is 127.